The maximum atomic E-state index is 13.0. The standard InChI is InChI=1S/C22H24Cl2N2O3/c23-16-8-5-14(10-17(16)24)25-20(27)11-3-6-15(7-4-11)26-21(28)18-12-1-2-13(9-12)19(18)22(26)29/h5,8,10-13,15,18-19H,1-4,6-7,9H2,(H,25,27)/t11?,12-,13-,15?,18-,19-/m0/s1. The van der Waals surface area contributed by atoms with E-state index in [2.05, 4.69) is 5.32 Å². The van der Waals surface area contributed by atoms with Crippen molar-refractivity contribution < 1.29 is 14.4 Å². The highest BCUT2D eigenvalue weighted by molar-refractivity contribution is 6.42. The smallest absolute Gasteiger partial charge is 0.233 e. The summed E-state index contributed by atoms with van der Waals surface area (Å²) in [5.74, 6) is 0.681. The van der Waals surface area contributed by atoms with Gasteiger partial charge in [-0.15, -0.1) is 0 Å². The molecule has 4 aliphatic rings. The van der Waals surface area contributed by atoms with Gasteiger partial charge in [0.1, 0.15) is 0 Å². The summed E-state index contributed by atoms with van der Waals surface area (Å²) in [6.07, 6.45) is 6.01. The van der Waals surface area contributed by atoms with E-state index < -0.39 is 0 Å². The first-order chi connectivity index (χ1) is 13.9. The molecule has 0 aromatic heterocycles. The molecule has 3 saturated carbocycles. The molecule has 1 saturated heterocycles. The second kappa shape index (κ2) is 7.28. The highest BCUT2D eigenvalue weighted by atomic mass is 35.5. The average Bonchev–Trinajstić information content (AvgIpc) is 3.39. The number of benzene rings is 1. The van der Waals surface area contributed by atoms with E-state index in [1.165, 1.54) is 0 Å². The maximum Gasteiger partial charge on any atom is 0.233 e. The third-order valence-electron chi connectivity index (χ3n) is 7.58. The predicted octanol–water partition coefficient (Wildman–Crippen LogP) is 4.52. The Balaban J connectivity index is 1.20. The highest BCUT2D eigenvalue weighted by Gasteiger charge is 2.61. The van der Waals surface area contributed by atoms with Gasteiger partial charge in [-0.25, -0.2) is 0 Å². The maximum absolute atomic E-state index is 13.0. The van der Waals surface area contributed by atoms with Gasteiger partial charge < -0.3 is 5.32 Å². The summed E-state index contributed by atoms with van der Waals surface area (Å²) < 4.78 is 0. The van der Waals surface area contributed by atoms with Gasteiger partial charge in [0.05, 0.1) is 21.9 Å². The molecule has 4 atom stereocenters. The largest absolute Gasteiger partial charge is 0.326 e. The van der Waals surface area contributed by atoms with Gasteiger partial charge in [-0.05, 0) is 75.0 Å². The van der Waals surface area contributed by atoms with Crippen molar-refractivity contribution in [1.29, 1.82) is 0 Å². The zero-order valence-electron chi connectivity index (χ0n) is 16.1. The molecule has 5 rings (SSSR count). The van der Waals surface area contributed by atoms with E-state index in [-0.39, 0.29) is 41.5 Å². The first kappa shape index (κ1) is 19.4. The van der Waals surface area contributed by atoms with E-state index in [0.29, 0.717) is 53.3 Å². The molecule has 29 heavy (non-hydrogen) atoms. The van der Waals surface area contributed by atoms with Crippen molar-refractivity contribution in [2.24, 2.45) is 29.6 Å². The number of rotatable bonds is 3. The lowest BCUT2D eigenvalue weighted by molar-refractivity contribution is -0.144. The highest BCUT2D eigenvalue weighted by Crippen LogP contribution is 2.56. The minimum Gasteiger partial charge on any atom is -0.326 e. The SMILES string of the molecule is O=C(Nc1ccc(Cl)c(Cl)c1)C1CCC(N2C(=O)[C@H]3[C@H]4CC[C@@H](C4)[C@@H]3C2=O)CC1. The van der Waals surface area contributed by atoms with Crippen molar-refractivity contribution in [2.45, 2.75) is 51.0 Å². The van der Waals surface area contributed by atoms with Crippen molar-refractivity contribution >= 4 is 46.6 Å². The summed E-state index contributed by atoms with van der Waals surface area (Å²) >= 11 is 11.9. The van der Waals surface area contributed by atoms with Crippen LogP contribution in [0, 0.1) is 29.6 Å². The quantitative estimate of drug-likeness (QED) is 0.710. The molecule has 4 fully saturated rings. The van der Waals surface area contributed by atoms with Crippen LogP contribution in [0.4, 0.5) is 5.69 Å². The normalized spacial score (nSPS) is 35.9. The summed E-state index contributed by atoms with van der Waals surface area (Å²) in [5, 5.41) is 3.75. The van der Waals surface area contributed by atoms with E-state index in [1.807, 2.05) is 0 Å². The first-order valence-corrected chi connectivity index (χ1v) is 11.3. The molecule has 154 valence electrons. The van der Waals surface area contributed by atoms with E-state index in [9.17, 15) is 14.4 Å². The lowest BCUT2D eigenvalue weighted by Gasteiger charge is -2.33. The average molecular weight is 435 g/mol. The zero-order valence-corrected chi connectivity index (χ0v) is 17.6. The van der Waals surface area contributed by atoms with Crippen LogP contribution in [0.25, 0.3) is 0 Å². The van der Waals surface area contributed by atoms with Crippen molar-refractivity contribution in [3.63, 3.8) is 0 Å². The molecule has 2 bridgehead atoms. The number of amides is 3. The van der Waals surface area contributed by atoms with E-state index in [1.54, 1.807) is 23.1 Å². The third-order valence-corrected chi connectivity index (χ3v) is 8.32. The van der Waals surface area contributed by atoms with E-state index in [4.69, 9.17) is 23.2 Å². The first-order valence-electron chi connectivity index (χ1n) is 10.6. The Morgan fingerprint density at radius 1 is 0.897 bits per heavy atom. The Bertz CT molecular complexity index is 853. The lowest BCUT2D eigenvalue weighted by Crippen LogP contribution is -2.44. The van der Waals surface area contributed by atoms with Crippen LogP contribution >= 0.6 is 23.2 Å². The summed E-state index contributed by atoms with van der Waals surface area (Å²) in [4.78, 5) is 40.2. The second-order valence-corrected chi connectivity index (χ2v) is 9.87. The molecule has 1 heterocycles. The molecule has 3 aliphatic carbocycles. The molecule has 1 aromatic carbocycles. The third kappa shape index (κ3) is 3.17. The van der Waals surface area contributed by atoms with Gasteiger partial charge in [0.25, 0.3) is 0 Å². The Kier molecular flexibility index (Phi) is 4.86. The minimum atomic E-state index is -0.121. The number of fused-ring (bicyclic) bond motifs is 5. The number of likely N-dealkylation sites (tertiary alicyclic amines) is 1. The molecule has 1 aliphatic heterocycles. The second-order valence-electron chi connectivity index (χ2n) is 9.05. The number of nitrogens with one attached hydrogen (secondary N) is 1. The monoisotopic (exact) mass is 434 g/mol. The van der Waals surface area contributed by atoms with Gasteiger partial charge in [0, 0.05) is 17.6 Å². The Morgan fingerprint density at radius 2 is 1.52 bits per heavy atom. The minimum absolute atomic E-state index is 0.0455. The zero-order chi connectivity index (χ0) is 20.3. The van der Waals surface area contributed by atoms with Crippen LogP contribution in [-0.2, 0) is 14.4 Å². The fourth-order valence-corrected chi connectivity index (χ4v) is 6.50. The van der Waals surface area contributed by atoms with Crippen LogP contribution < -0.4 is 5.32 Å². The number of carbonyl (C=O) groups is 3. The fraction of sp³-hybridized carbons (Fsp3) is 0.591. The van der Waals surface area contributed by atoms with E-state index >= 15 is 0 Å². The van der Waals surface area contributed by atoms with Crippen LogP contribution in [0.2, 0.25) is 10.0 Å². The summed E-state index contributed by atoms with van der Waals surface area (Å²) in [5.41, 5.74) is 0.625. The fourth-order valence-electron chi connectivity index (χ4n) is 6.21. The van der Waals surface area contributed by atoms with Crippen LogP contribution in [0.1, 0.15) is 44.9 Å². The lowest BCUT2D eigenvalue weighted by atomic mass is 9.81. The Labute approximate surface area is 180 Å². The molecule has 7 heteroatoms. The summed E-state index contributed by atoms with van der Waals surface area (Å²) in [6.45, 7) is 0. The summed E-state index contributed by atoms with van der Waals surface area (Å²) in [7, 11) is 0. The Morgan fingerprint density at radius 3 is 2.10 bits per heavy atom. The molecule has 3 amide bonds. The van der Waals surface area contributed by atoms with Crippen molar-refractivity contribution in [3.05, 3.63) is 28.2 Å². The molecule has 0 unspecified atom stereocenters. The molecule has 0 radical (unpaired) electrons. The van der Waals surface area contributed by atoms with Gasteiger partial charge in [0.2, 0.25) is 17.7 Å². The van der Waals surface area contributed by atoms with Gasteiger partial charge in [-0.3, -0.25) is 19.3 Å². The topological polar surface area (TPSA) is 66.5 Å². The van der Waals surface area contributed by atoms with Gasteiger partial charge >= 0.3 is 0 Å². The predicted molar refractivity (Wildman–Crippen MR) is 111 cm³/mol. The molecular weight excluding hydrogens is 411 g/mol. The van der Waals surface area contributed by atoms with Gasteiger partial charge in [-0.1, -0.05) is 23.2 Å². The van der Waals surface area contributed by atoms with Crippen LogP contribution in [0.5, 0.6) is 0 Å². The Hall–Kier alpha value is -1.59. The van der Waals surface area contributed by atoms with Crippen molar-refractivity contribution in [1.82, 2.24) is 4.90 Å². The number of imide groups is 1. The molecule has 0 spiro atoms. The number of carbonyl (C=O) groups excluding carboxylic acids is 3. The van der Waals surface area contributed by atoms with Crippen molar-refractivity contribution in [2.75, 3.05) is 5.32 Å². The number of nitrogens with zero attached hydrogens (tertiary/aromatic N) is 1. The number of hydrogen-bond donors (Lipinski definition) is 1. The number of halogens is 2. The van der Waals surface area contributed by atoms with Crippen LogP contribution in [-0.4, -0.2) is 28.7 Å². The van der Waals surface area contributed by atoms with Gasteiger partial charge in [-0.2, -0.15) is 0 Å². The number of anilines is 1. The summed E-state index contributed by atoms with van der Waals surface area (Å²) in [6, 6.07) is 4.98. The van der Waals surface area contributed by atoms with Gasteiger partial charge in [0.15, 0.2) is 0 Å². The molecular formula is C22H24Cl2N2O3. The number of hydrogen-bond acceptors (Lipinski definition) is 3. The van der Waals surface area contributed by atoms with Crippen LogP contribution in [0.3, 0.4) is 0 Å². The molecule has 1 aromatic rings. The van der Waals surface area contributed by atoms with E-state index in [0.717, 1.165) is 19.3 Å². The molecule has 5 nitrogen and oxygen atoms in total. The van der Waals surface area contributed by atoms with Crippen molar-refractivity contribution in [3.8, 4) is 0 Å². The van der Waals surface area contributed by atoms with Crippen LogP contribution in [0.15, 0.2) is 18.2 Å². The molecule has 1 N–H and O–H groups in total.